The average Bonchev–Trinajstić information content (AvgIpc) is 2.24. The van der Waals surface area contributed by atoms with Crippen LogP contribution in [0, 0.1) is 5.82 Å². The summed E-state index contributed by atoms with van der Waals surface area (Å²) in [4.78, 5) is 15.2. The number of carbonyl (C=O) groups excluding carboxylic acids is 1. The van der Waals surface area contributed by atoms with Gasteiger partial charge in [-0.2, -0.15) is 0 Å². The maximum atomic E-state index is 13.2. The second-order valence-electron chi connectivity index (χ2n) is 4.25. The van der Waals surface area contributed by atoms with Crippen molar-refractivity contribution in [3.63, 3.8) is 0 Å². The first-order valence-corrected chi connectivity index (χ1v) is 5.27. The van der Waals surface area contributed by atoms with Crippen LogP contribution in [0.2, 0.25) is 0 Å². The van der Waals surface area contributed by atoms with Gasteiger partial charge in [-0.15, -0.1) is 24.8 Å². The highest BCUT2D eigenvalue weighted by atomic mass is 35.5. The topological polar surface area (TPSA) is 68.0 Å². The molecular formula is C11H16Cl2FN3O. The van der Waals surface area contributed by atoms with Gasteiger partial charge in [-0.05, 0) is 25.3 Å². The van der Waals surface area contributed by atoms with Crippen molar-refractivity contribution in [3.05, 3.63) is 29.8 Å². The molecule has 0 bridgehead atoms. The maximum absolute atomic E-state index is 13.2. The molecule has 0 aromatic carbocycles. The van der Waals surface area contributed by atoms with Crippen molar-refractivity contribution in [1.82, 2.24) is 10.3 Å². The van der Waals surface area contributed by atoms with Crippen LogP contribution in [0.4, 0.5) is 4.39 Å². The zero-order chi connectivity index (χ0) is 11.6. The summed E-state index contributed by atoms with van der Waals surface area (Å²) in [6.07, 6.45) is 5.32. The molecule has 1 aromatic heterocycles. The maximum Gasteiger partial charge on any atom is 0.254 e. The van der Waals surface area contributed by atoms with Crippen LogP contribution in [0.15, 0.2) is 18.5 Å². The zero-order valence-corrected chi connectivity index (χ0v) is 11.3. The molecule has 0 spiro atoms. The fraction of sp³-hybridized carbons (Fsp3) is 0.455. The average molecular weight is 296 g/mol. The van der Waals surface area contributed by atoms with Crippen molar-refractivity contribution >= 4 is 30.7 Å². The van der Waals surface area contributed by atoms with Crippen LogP contribution in [0.1, 0.15) is 29.6 Å². The summed E-state index contributed by atoms with van der Waals surface area (Å²) in [6, 6.07) is 1.36. The Hall–Kier alpha value is -0.910. The number of pyridine rings is 1. The summed E-state index contributed by atoms with van der Waals surface area (Å²) < 4.78 is 13.2. The molecule has 1 fully saturated rings. The van der Waals surface area contributed by atoms with Crippen molar-refractivity contribution in [2.75, 3.05) is 6.54 Å². The van der Waals surface area contributed by atoms with Gasteiger partial charge in [0.1, 0.15) is 0 Å². The van der Waals surface area contributed by atoms with Gasteiger partial charge in [-0.25, -0.2) is 4.39 Å². The Bertz CT molecular complexity index is 413. The van der Waals surface area contributed by atoms with E-state index >= 15 is 0 Å². The van der Waals surface area contributed by atoms with E-state index in [1.807, 2.05) is 0 Å². The van der Waals surface area contributed by atoms with E-state index in [-0.39, 0.29) is 35.9 Å². The molecule has 0 saturated heterocycles. The summed E-state index contributed by atoms with van der Waals surface area (Å²) in [5, 5.41) is 2.65. The normalized spacial score (nSPS) is 15.7. The highest BCUT2D eigenvalue weighted by Crippen LogP contribution is 2.28. The Morgan fingerprint density at radius 1 is 1.50 bits per heavy atom. The highest BCUT2D eigenvalue weighted by molar-refractivity contribution is 5.94. The van der Waals surface area contributed by atoms with E-state index in [1.165, 1.54) is 12.3 Å². The minimum atomic E-state index is -0.611. The predicted molar refractivity (Wildman–Crippen MR) is 71.8 cm³/mol. The number of rotatable bonds is 3. The minimum Gasteiger partial charge on any atom is -0.350 e. The molecule has 1 aliphatic carbocycles. The molecule has 1 amide bonds. The fourth-order valence-corrected chi connectivity index (χ4v) is 1.72. The number of nitrogens with one attached hydrogen (secondary N) is 1. The lowest BCUT2D eigenvalue weighted by Crippen LogP contribution is -2.55. The molecule has 3 N–H and O–H groups in total. The van der Waals surface area contributed by atoms with Gasteiger partial charge in [0.15, 0.2) is 5.82 Å². The molecule has 102 valence electrons. The molecule has 2 rings (SSSR count). The first kappa shape index (κ1) is 17.1. The highest BCUT2D eigenvalue weighted by Gasteiger charge is 2.32. The van der Waals surface area contributed by atoms with Crippen LogP contribution in [-0.2, 0) is 0 Å². The van der Waals surface area contributed by atoms with Crippen LogP contribution in [0.25, 0.3) is 0 Å². The van der Waals surface area contributed by atoms with E-state index in [0.29, 0.717) is 6.54 Å². The molecule has 1 aliphatic rings. The Morgan fingerprint density at radius 2 is 2.17 bits per heavy atom. The first-order valence-electron chi connectivity index (χ1n) is 5.27. The van der Waals surface area contributed by atoms with Crippen molar-refractivity contribution in [1.29, 1.82) is 0 Å². The van der Waals surface area contributed by atoms with E-state index in [2.05, 4.69) is 10.3 Å². The number of nitrogens with two attached hydrogens (primary N) is 1. The van der Waals surface area contributed by atoms with Gasteiger partial charge in [0.05, 0.1) is 11.8 Å². The SMILES string of the molecule is Cl.Cl.NC1(CNC(=O)c2ccncc2F)CCC1. The number of halogens is 3. The molecule has 0 radical (unpaired) electrons. The third kappa shape index (κ3) is 3.80. The van der Waals surface area contributed by atoms with E-state index in [1.54, 1.807) is 0 Å². The van der Waals surface area contributed by atoms with Gasteiger partial charge >= 0.3 is 0 Å². The lowest BCUT2D eigenvalue weighted by Gasteiger charge is -2.38. The molecule has 1 heterocycles. The summed E-state index contributed by atoms with van der Waals surface area (Å²) in [5.74, 6) is -1.05. The summed E-state index contributed by atoms with van der Waals surface area (Å²) in [6.45, 7) is 0.396. The monoisotopic (exact) mass is 295 g/mol. The van der Waals surface area contributed by atoms with Crippen LogP contribution in [-0.4, -0.2) is 23.0 Å². The quantitative estimate of drug-likeness (QED) is 0.891. The fourth-order valence-electron chi connectivity index (χ4n) is 1.72. The Labute approximate surface area is 117 Å². The molecule has 1 saturated carbocycles. The standard InChI is InChI=1S/C11H14FN3O.2ClH/c12-9-6-14-5-2-8(9)10(16)15-7-11(13)3-1-4-11;;/h2,5-6H,1,3-4,7,13H2,(H,15,16);2*1H. The Morgan fingerprint density at radius 3 is 2.67 bits per heavy atom. The number of amides is 1. The minimum absolute atomic E-state index is 0. The largest absolute Gasteiger partial charge is 0.350 e. The zero-order valence-electron chi connectivity index (χ0n) is 9.69. The van der Waals surface area contributed by atoms with Crippen molar-refractivity contribution < 1.29 is 9.18 Å². The van der Waals surface area contributed by atoms with E-state index in [0.717, 1.165) is 25.5 Å². The van der Waals surface area contributed by atoms with Gasteiger partial charge in [-0.3, -0.25) is 9.78 Å². The third-order valence-electron chi connectivity index (χ3n) is 2.97. The van der Waals surface area contributed by atoms with Crippen molar-refractivity contribution in [2.45, 2.75) is 24.8 Å². The molecule has 4 nitrogen and oxygen atoms in total. The number of carbonyl (C=O) groups is 1. The summed E-state index contributed by atoms with van der Waals surface area (Å²) >= 11 is 0. The van der Waals surface area contributed by atoms with Gasteiger partial charge < -0.3 is 11.1 Å². The van der Waals surface area contributed by atoms with Crippen LogP contribution in [0.5, 0.6) is 0 Å². The lowest BCUT2D eigenvalue weighted by molar-refractivity contribution is 0.0925. The Kier molecular flexibility index (Phi) is 6.52. The molecule has 0 aliphatic heterocycles. The second kappa shape index (κ2) is 6.87. The summed E-state index contributed by atoms with van der Waals surface area (Å²) in [7, 11) is 0. The van der Waals surface area contributed by atoms with Gasteiger partial charge in [0, 0.05) is 18.3 Å². The van der Waals surface area contributed by atoms with Crippen LogP contribution in [0.3, 0.4) is 0 Å². The third-order valence-corrected chi connectivity index (χ3v) is 2.97. The molecule has 0 unspecified atom stereocenters. The van der Waals surface area contributed by atoms with Crippen molar-refractivity contribution in [2.24, 2.45) is 5.73 Å². The molecule has 7 heteroatoms. The van der Waals surface area contributed by atoms with Gasteiger partial charge in [-0.1, -0.05) is 0 Å². The second-order valence-corrected chi connectivity index (χ2v) is 4.25. The van der Waals surface area contributed by atoms with Crippen LogP contribution < -0.4 is 11.1 Å². The molecule has 1 aromatic rings. The number of hydrogen-bond acceptors (Lipinski definition) is 3. The number of nitrogens with zero attached hydrogens (tertiary/aromatic N) is 1. The van der Waals surface area contributed by atoms with Gasteiger partial charge in [0.25, 0.3) is 5.91 Å². The van der Waals surface area contributed by atoms with Gasteiger partial charge in [0.2, 0.25) is 0 Å². The molecule has 18 heavy (non-hydrogen) atoms. The van der Waals surface area contributed by atoms with E-state index in [9.17, 15) is 9.18 Å². The van der Waals surface area contributed by atoms with Crippen LogP contribution >= 0.6 is 24.8 Å². The van der Waals surface area contributed by atoms with E-state index < -0.39 is 11.7 Å². The van der Waals surface area contributed by atoms with E-state index in [4.69, 9.17) is 5.73 Å². The first-order chi connectivity index (χ1) is 7.61. The van der Waals surface area contributed by atoms with Crippen molar-refractivity contribution in [3.8, 4) is 0 Å². The number of hydrogen-bond donors (Lipinski definition) is 2. The smallest absolute Gasteiger partial charge is 0.254 e. The molecule has 0 atom stereocenters. The Balaban J connectivity index is 0.00000144. The summed E-state index contributed by atoms with van der Waals surface area (Å²) in [5.41, 5.74) is 5.67. The molecular weight excluding hydrogens is 280 g/mol. The predicted octanol–water partition coefficient (Wildman–Crippen LogP) is 1.68. The number of aromatic nitrogens is 1. The lowest BCUT2D eigenvalue weighted by atomic mass is 9.78.